The van der Waals surface area contributed by atoms with Crippen molar-refractivity contribution in [3.63, 3.8) is 0 Å². The molecule has 0 aromatic heterocycles. The summed E-state index contributed by atoms with van der Waals surface area (Å²) in [5.74, 6) is 0. The van der Waals surface area contributed by atoms with E-state index in [0.29, 0.717) is 11.4 Å². The van der Waals surface area contributed by atoms with Crippen LogP contribution in [0.15, 0.2) is 23.1 Å². The van der Waals surface area contributed by atoms with Crippen molar-refractivity contribution in [2.75, 3.05) is 7.05 Å². The molecule has 1 aliphatic rings. The van der Waals surface area contributed by atoms with Gasteiger partial charge in [0.25, 0.3) is 0 Å². The molecule has 0 atom stereocenters. The first-order valence-electron chi connectivity index (χ1n) is 6.74. The second-order valence-electron chi connectivity index (χ2n) is 5.26. The maximum atomic E-state index is 12.6. The Hall–Kier alpha value is -0.910. The van der Waals surface area contributed by atoms with Crippen molar-refractivity contribution < 1.29 is 8.42 Å². The van der Waals surface area contributed by atoms with E-state index in [1.165, 1.54) is 0 Å². The van der Waals surface area contributed by atoms with E-state index in [-0.39, 0.29) is 6.04 Å². The van der Waals surface area contributed by atoms with E-state index < -0.39 is 10.0 Å². The molecule has 0 amide bonds. The minimum absolute atomic E-state index is 0.151. The lowest BCUT2D eigenvalue weighted by Crippen LogP contribution is -2.35. The minimum atomic E-state index is -3.39. The molecule has 106 valence electrons. The first-order valence-corrected chi connectivity index (χ1v) is 8.18. The van der Waals surface area contributed by atoms with Crippen LogP contribution in [0.3, 0.4) is 0 Å². The number of hydrogen-bond donors (Lipinski definition) is 1. The smallest absolute Gasteiger partial charge is 0.243 e. The molecule has 0 spiro atoms. The molecule has 1 aliphatic carbocycles. The molecule has 0 unspecified atom stereocenters. The quantitative estimate of drug-likeness (QED) is 0.919. The van der Waals surface area contributed by atoms with Crippen molar-refractivity contribution in [1.29, 1.82) is 0 Å². The van der Waals surface area contributed by atoms with Crippen molar-refractivity contribution in [3.8, 4) is 0 Å². The number of hydrogen-bond acceptors (Lipinski definition) is 3. The predicted molar refractivity (Wildman–Crippen MR) is 76.3 cm³/mol. The summed E-state index contributed by atoms with van der Waals surface area (Å²) in [5.41, 5.74) is 7.31. The topological polar surface area (TPSA) is 63.4 Å². The normalized spacial score (nSPS) is 17.3. The second kappa shape index (κ2) is 5.61. The lowest BCUT2D eigenvalue weighted by atomic mass is 10.1. The van der Waals surface area contributed by atoms with Gasteiger partial charge < -0.3 is 5.73 Å². The Morgan fingerprint density at radius 1 is 1.32 bits per heavy atom. The third-order valence-electron chi connectivity index (χ3n) is 3.97. The van der Waals surface area contributed by atoms with Gasteiger partial charge in [-0.3, -0.25) is 0 Å². The highest BCUT2D eigenvalue weighted by molar-refractivity contribution is 7.89. The van der Waals surface area contributed by atoms with Gasteiger partial charge in [-0.2, -0.15) is 4.31 Å². The number of sulfonamides is 1. The zero-order chi connectivity index (χ0) is 14.0. The molecule has 0 heterocycles. The van der Waals surface area contributed by atoms with Gasteiger partial charge in [0, 0.05) is 19.6 Å². The molecular formula is C14H22N2O2S. The second-order valence-corrected chi connectivity index (χ2v) is 7.23. The van der Waals surface area contributed by atoms with Crippen molar-refractivity contribution in [1.82, 2.24) is 4.31 Å². The largest absolute Gasteiger partial charge is 0.326 e. The van der Waals surface area contributed by atoms with E-state index in [9.17, 15) is 8.42 Å². The Labute approximate surface area is 115 Å². The summed E-state index contributed by atoms with van der Waals surface area (Å²) >= 11 is 0. The Bertz CT molecular complexity index is 549. The first kappa shape index (κ1) is 14.5. The van der Waals surface area contributed by atoms with E-state index in [0.717, 1.165) is 36.8 Å². The molecule has 0 bridgehead atoms. The van der Waals surface area contributed by atoms with Crippen LogP contribution in [0.1, 0.15) is 36.8 Å². The van der Waals surface area contributed by atoms with Crippen LogP contribution in [-0.2, 0) is 16.6 Å². The van der Waals surface area contributed by atoms with Crippen molar-refractivity contribution in [3.05, 3.63) is 29.3 Å². The average molecular weight is 282 g/mol. The maximum absolute atomic E-state index is 12.6. The summed E-state index contributed by atoms with van der Waals surface area (Å²) in [7, 11) is -1.69. The predicted octanol–water partition coefficient (Wildman–Crippen LogP) is 2.02. The maximum Gasteiger partial charge on any atom is 0.243 e. The van der Waals surface area contributed by atoms with Crippen LogP contribution >= 0.6 is 0 Å². The molecule has 4 nitrogen and oxygen atoms in total. The zero-order valence-corrected chi connectivity index (χ0v) is 12.4. The zero-order valence-electron chi connectivity index (χ0n) is 11.6. The van der Waals surface area contributed by atoms with Gasteiger partial charge in [0.15, 0.2) is 0 Å². The highest BCUT2D eigenvalue weighted by Gasteiger charge is 2.30. The first-order chi connectivity index (χ1) is 8.96. The average Bonchev–Trinajstić information content (AvgIpc) is 2.90. The van der Waals surface area contributed by atoms with E-state index >= 15 is 0 Å². The Kier molecular flexibility index (Phi) is 4.28. The van der Waals surface area contributed by atoms with Crippen LogP contribution < -0.4 is 5.73 Å². The number of nitrogens with zero attached hydrogens (tertiary/aromatic N) is 1. The molecule has 1 aromatic rings. The van der Waals surface area contributed by atoms with Gasteiger partial charge in [-0.25, -0.2) is 8.42 Å². The lowest BCUT2D eigenvalue weighted by molar-refractivity contribution is 0.373. The fourth-order valence-electron chi connectivity index (χ4n) is 2.75. The van der Waals surface area contributed by atoms with Gasteiger partial charge in [0.05, 0.1) is 4.90 Å². The highest BCUT2D eigenvalue weighted by Crippen LogP contribution is 2.28. The van der Waals surface area contributed by atoms with E-state index in [1.54, 1.807) is 23.5 Å². The Morgan fingerprint density at radius 2 is 1.95 bits per heavy atom. The van der Waals surface area contributed by atoms with Gasteiger partial charge in [0.2, 0.25) is 10.0 Å². The molecule has 19 heavy (non-hydrogen) atoms. The third-order valence-corrected chi connectivity index (χ3v) is 6.04. The number of rotatable bonds is 4. The molecule has 1 aromatic carbocycles. The molecule has 0 radical (unpaired) electrons. The molecule has 2 rings (SSSR count). The summed E-state index contributed by atoms with van der Waals surface area (Å²) in [5, 5.41) is 0. The van der Waals surface area contributed by atoms with Crippen molar-refractivity contribution in [2.24, 2.45) is 5.73 Å². The number of nitrogens with two attached hydrogens (primary N) is 1. The monoisotopic (exact) mass is 282 g/mol. The van der Waals surface area contributed by atoms with Crippen molar-refractivity contribution >= 4 is 10.0 Å². The summed E-state index contributed by atoms with van der Waals surface area (Å²) in [6, 6.07) is 5.48. The summed E-state index contributed by atoms with van der Waals surface area (Å²) in [6.07, 6.45) is 4.18. The van der Waals surface area contributed by atoms with Gasteiger partial charge in [-0.15, -0.1) is 0 Å². The molecule has 0 saturated heterocycles. The Balaban J connectivity index is 2.33. The SMILES string of the molecule is Cc1cc(CN)ccc1S(=O)(=O)N(C)C1CCCC1. The fraction of sp³-hybridized carbons (Fsp3) is 0.571. The fourth-order valence-corrected chi connectivity index (χ4v) is 4.37. The van der Waals surface area contributed by atoms with Gasteiger partial charge >= 0.3 is 0 Å². The molecular weight excluding hydrogens is 260 g/mol. The molecule has 1 saturated carbocycles. The van der Waals surface area contributed by atoms with Crippen LogP contribution in [0.25, 0.3) is 0 Å². The van der Waals surface area contributed by atoms with Crippen LogP contribution in [0.5, 0.6) is 0 Å². The van der Waals surface area contributed by atoms with E-state index in [2.05, 4.69) is 0 Å². The van der Waals surface area contributed by atoms with E-state index in [4.69, 9.17) is 5.73 Å². The molecule has 1 fully saturated rings. The summed E-state index contributed by atoms with van der Waals surface area (Å²) in [4.78, 5) is 0.402. The van der Waals surface area contributed by atoms with Gasteiger partial charge in [0.1, 0.15) is 0 Å². The van der Waals surface area contributed by atoms with Crippen LogP contribution in [0, 0.1) is 6.92 Å². The van der Waals surface area contributed by atoms with Gasteiger partial charge in [-0.05, 0) is 37.0 Å². The molecule has 0 aliphatic heterocycles. The number of aryl methyl sites for hydroxylation is 1. The third kappa shape index (κ3) is 2.83. The van der Waals surface area contributed by atoms with Crippen molar-refractivity contribution in [2.45, 2.75) is 50.1 Å². The standard InChI is InChI=1S/C14H22N2O2S/c1-11-9-12(10-15)7-8-14(11)19(17,18)16(2)13-5-3-4-6-13/h7-9,13H,3-6,10,15H2,1-2H3. The lowest BCUT2D eigenvalue weighted by Gasteiger charge is -2.24. The van der Waals surface area contributed by atoms with Crippen LogP contribution in [-0.4, -0.2) is 25.8 Å². The van der Waals surface area contributed by atoms with E-state index in [1.807, 2.05) is 13.0 Å². The summed E-state index contributed by atoms with van der Waals surface area (Å²) < 4.78 is 26.8. The molecule has 2 N–H and O–H groups in total. The summed E-state index contributed by atoms with van der Waals surface area (Å²) in [6.45, 7) is 2.26. The molecule has 5 heteroatoms. The van der Waals surface area contributed by atoms with Gasteiger partial charge in [-0.1, -0.05) is 25.0 Å². The minimum Gasteiger partial charge on any atom is -0.326 e. The number of benzene rings is 1. The van der Waals surface area contributed by atoms with Crippen LogP contribution in [0.4, 0.5) is 0 Å². The van der Waals surface area contributed by atoms with Crippen LogP contribution in [0.2, 0.25) is 0 Å². The highest BCUT2D eigenvalue weighted by atomic mass is 32.2. The Morgan fingerprint density at radius 3 is 2.47 bits per heavy atom.